The van der Waals surface area contributed by atoms with Crippen LogP contribution in [0.5, 0.6) is 0 Å². The lowest BCUT2D eigenvalue weighted by Crippen LogP contribution is -2.54. The average Bonchev–Trinajstić information content (AvgIpc) is 1.91. The van der Waals surface area contributed by atoms with Gasteiger partial charge in [-0.2, -0.15) is 0 Å². The molecule has 7 heteroatoms. The molecular formula is C12H33ClN3PSi2. The monoisotopic (exact) mass is 341 g/mol. The standard InChI is InChI=1S/C12H33ClN3PSi2/c1-12(2,3)16(19(9,10)11)17(13,15(4)5)14-18(6,7)8/h1-11H3. The van der Waals surface area contributed by atoms with E-state index >= 15 is 0 Å². The van der Waals surface area contributed by atoms with Gasteiger partial charge in [-0.05, 0) is 65.7 Å². The van der Waals surface area contributed by atoms with Gasteiger partial charge in [0, 0.05) is 5.54 Å². The van der Waals surface area contributed by atoms with E-state index in [1.165, 1.54) is 0 Å². The molecule has 3 nitrogen and oxygen atoms in total. The van der Waals surface area contributed by atoms with Crippen molar-refractivity contribution in [1.82, 2.24) is 9.01 Å². The Morgan fingerprint density at radius 3 is 1.47 bits per heavy atom. The van der Waals surface area contributed by atoms with Crippen molar-refractivity contribution in [1.29, 1.82) is 0 Å². The minimum absolute atomic E-state index is 0.0351. The number of nitrogens with zero attached hydrogens (tertiary/aromatic N) is 3. The van der Waals surface area contributed by atoms with Gasteiger partial charge in [-0.15, -0.1) is 0 Å². The summed E-state index contributed by atoms with van der Waals surface area (Å²) in [6.45, 7) is 18.5. The molecule has 0 aliphatic rings. The van der Waals surface area contributed by atoms with Crippen molar-refractivity contribution < 1.29 is 0 Å². The van der Waals surface area contributed by atoms with Crippen molar-refractivity contribution in [2.45, 2.75) is 65.6 Å². The molecule has 0 rings (SSSR count). The predicted molar refractivity (Wildman–Crippen MR) is 97.2 cm³/mol. The predicted octanol–water partition coefficient (Wildman–Crippen LogP) is 5.50. The summed E-state index contributed by atoms with van der Waals surface area (Å²) in [5, 5.41) is 0. The molecule has 0 spiro atoms. The highest BCUT2D eigenvalue weighted by atomic mass is 35.7. The van der Waals surface area contributed by atoms with Gasteiger partial charge in [0.25, 0.3) is 0 Å². The van der Waals surface area contributed by atoms with Crippen LogP contribution in [0.3, 0.4) is 0 Å². The van der Waals surface area contributed by atoms with Crippen LogP contribution < -0.4 is 0 Å². The maximum Gasteiger partial charge on any atom is 0.175 e. The summed E-state index contributed by atoms with van der Waals surface area (Å²) in [5.41, 5.74) is 0.0351. The van der Waals surface area contributed by atoms with E-state index in [0.29, 0.717) is 0 Å². The zero-order valence-electron chi connectivity index (χ0n) is 14.7. The first-order valence-electron chi connectivity index (χ1n) is 6.83. The van der Waals surface area contributed by atoms with Crippen LogP contribution in [0.1, 0.15) is 20.8 Å². The van der Waals surface area contributed by atoms with Crippen molar-refractivity contribution in [3.05, 3.63) is 0 Å². The third-order valence-electron chi connectivity index (χ3n) is 2.46. The third kappa shape index (κ3) is 5.64. The van der Waals surface area contributed by atoms with Crippen LogP contribution in [0.25, 0.3) is 0 Å². The van der Waals surface area contributed by atoms with Crippen LogP contribution in [0.15, 0.2) is 4.41 Å². The van der Waals surface area contributed by atoms with Gasteiger partial charge in [0.15, 0.2) is 14.9 Å². The lowest BCUT2D eigenvalue weighted by Gasteiger charge is -2.51. The van der Waals surface area contributed by atoms with E-state index in [0.717, 1.165) is 0 Å². The largest absolute Gasteiger partial charge is 0.300 e. The Morgan fingerprint density at radius 1 is 0.947 bits per heavy atom. The maximum absolute atomic E-state index is 7.16. The van der Waals surface area contributed by atoms with Crippen molar-refractivity contribution in [2.75, 3.05) is 14.1 Å². The number of hydrogen-bond donors (Lipinski definition) is 0. The van der Waals surface area contributed by atoms with Crippen LogP contribution >= 0.6 is 17.9 Å². The summed E-state index contributed by atoms with van der Waals surface area (Å²) in [4.78, 5) is 0. The third-order valence-corrected chi connectivity index (χ3v) is 15.0. The molecule has 0 aromatic carbocycles. The van der Waals surface area contributed by atoms with E-state index in [1.807, 2.05) is 0 Å². The second kappa shape index (κ2) is 5.94. The van der Waals surface area contributed by atoms with Gasteiger partial charge in [-0.3, -0.25) is 9.01 Å². The quantitative estimate of drug-likeness (QED) is 0.496. The molecule has 1 unspecified atom stereocenters. The van der Waals surface area contributed by atoms with Gasteiger partial charge in [-0.25, -0.2) is 0 Å². The molecule has 0 amide bonds. The van der Waals surface area contributed by atoms with Crippen LogP contribution in [-0.2, 0) is 0 Å². The molecule has 0 saturated heterocycles. The van der Waals surface area contributed by atoms with Gasteiger partial charge in [-0.1, -0.05) is 19.6 Å². The van der Waals surface area contributed by atoms with E-state index in [1.54, 1.807) is 0 Å². The lowest BCUT2D eigenvalue weighted by molar-refractivity contribution is 0.357. The zero-order valence-corrected chi connectivity index (χ0v) is 18.3. The molecule has 0 aliphatic heterocycles. The lowest BCUT2D eigenvalue weighted by atomic mass is 10.1. The van der Waals surface area contributed by atoms with Gasteiger partial charge in [0.05, 0.1) is 0 Å². The van der Waals surface area contributed by atoms with Crippen molar-refractivity contribution >= 4 is 34.4 Å². The highest BCUT2D eigenvalue weighted by molar-refractivity contribution is 7.89. The Balaban J connectivity index is 6.21. The first-order valence-corrected chi connectivity index (χ1v) is 16.3. The van der Waals surface area contributed by atoms with Gasteiger partial charge in [0.2, 0.25) is 0 Å². The average molecular weight is 342 g/mol. The molecule has 0 saturated carbocycles. The fraction of sp³-hybridized carbons (Fsp3) is 1.00. The topological polar surface area (TPSA) is 18.8 Å². The van der Waals surface area contributed by atoms with E-state index in [9.17, 15) is 0 Å². The Labute approximate surface area is 127 Å². The van der Waals surface area contributed by atoms with E-state index in [4.69, 9.17) is 15.7 Å². The molecule has 0 N–H and O–H groups in total. The summed E-state index contributed by atoms with van der Waals surface area (Å²) in [7, 11) is 0.969. The Kier molecular flexibility index (Phi) is 6.21. The molecular weight excluding hydrogens is 309 g/mol. The second-order valence-corrected chi connectivity index (χ2v) is 22.1. The van der Waals surface area contributed by atoms with Crippen LogP contribution in [-0.4, -0.2) is 45.1 Å². The SMILES string of the molecule is CN(C)P(Cl)(=N[Si](C)(C)C)N(C(C)(C)C)[Si](C)(C)C. The molecule has 0 bridgehead atoms. The second-order valence-electron chi connectivity index (χ2n) is 8.27. The molecule has 0 aliphatic carbocycles. The maximum atomic E-state index is 7.16. The van der Waals surface area contributed by atoms with Gasteiger partial charge >= 0.3 is 0 Å². The number of rotatable bonds is 4. The minimum Gasteiger partial charge on any atom is -0.300 e. The van der Waals surface area contributed by atoms with Crippen molar-refractivity contribution in [2.24, 2.45) is 4.41 Å². The van der Waals surface area contributed by atoms with E-state index in [2.05, 4.69) is 83.2 Å². The molecule has 1 atom stereocenters. The molecule has 0 aromatic heterocycles. The fourth-order valence-electron chi connectivity index (χ4n) is 2.46. The normalized spacial score (nSPS) is 17.8. The summed E-state index contributed by atoms with van der Waals surface area (Å²) < 4.78 is 9.89. The van der Waals surface area contributed by atoms with Crippen LogP contribution in [0, 0.1) is 0 Å². The Morgan fingerprint density at radius 2 is 1.32 bits per heavy atom. The van der Waals surface area contributed by atoms with E-state index in [-0.39, 0.29) is 5.54 Å². The Bertz CT molecular complexity index is 351. The molecule has 0 radical (unpaired) electrons. The highest BCUT2D eigenvalue weighted by Gasteiger charge is 2.44. The molecule has 0 fully saturated rings. The molecule has 116 valence electrons. The zero-order chi connectivity index (χ0) is 15.9. The van der Waals surface area contributed by atoms with Crippen LogP contribution in [0.4, 0.5) is 0 Å². The summed E-state index contributed by atoms with van der Waals surface area (Å²) in [6.07, 6.45) is 0. The summed E-state index contributed by atoms with van der Waals surface area (Å²) in [5.74, 6) is 0. The summed E-state index contributed by atoms with van der Waals surface area (Å²) >= 11 is 7.16. The smallest absolute Gasteiger partial charge is 0.175 e. The number of halogens is 1. The molecule has 0 aromatic rings. The van der Waals surface area contributed by atoms with Gasteiger partial charge < -0.3 is 4.41 Å². The van der Waals surface area contributed by atoms with Crippen LogP contribution in [0.2, 0.25) is 39.3 Å². The first kappa shape index (κ1) is 19.9. The van der Waals surface area contributed by atoms with Gasteiger partial charge in [0.1, 0.15) is 8.24 Å². The minimum atomic E-state index is -2.13. The highest BCUT2D eigenvalue weighted by Crippen LogP contribution is 2.65. The molecule has 0 heterocycles. The number of hydrogen-bond acceptors (Lipinski definition) is 1. The molecule has 19 heavy (non-hydrogen) atoms. The first-order chi connectivity index (χ1) is 8.02. The Hall–Kier alpha value is 0.874. The van der Waals surface area contributed by atoms with E-state index < -0.39 is 23.2 Å². The van der Waals surface area contributed by atoms with Crippen molar-refractivity contribution in [3.63, 3.8) is 0 Å². The summed E-state index contributed by atoms with van der Waals surface area (Å²) in [6, 6.07) is 0. The fourth-order valence-corrected chi connectivity index (χ4v) is 18.5. The van der Waals surface area contributed by atoms with Crippen molar-refractivity contribution in [3.8, 4) is 0 Å².